The first kappa shape index (κ1) is 25.9. The lowest BCUT2D eigenvalue weighted by molar-refractivity contribution is -0.384. The maximum absolute atomic E-state index is 13.0. The molecule has 1 amide bonds. The zero-order valence-electron chi connectivity index (χ0n) is 20.7. The summed E-state index contributed by atoms with van der Waals surface area (Å²) in [5, 5.41) is 13.7. The highest BCUT2D eigenvalue weighted by Crippen LogP contribution is 2.32. The number of non-ortho nitro benzene ring substituents is 1. The molecule has 0 aromatic heterocycles. The number of nitrogens with zero attached hydrogens (tertiary/aromatic N) is 1. The quantitative estimate of drug-likeness (QED) is 0.205. The summed E-state index contributed by atoms with van der Waals surface area (Å²) in [4.78, 5) is 36.2. The maximum Gasteiger partial charge on any atom is 0.310 e. The molecule has 3 aromatic rings. The number of esters is 1. The zero-order chi connectivity index (χ0) is 26.2. The lowest BCUT2D eigenvalue weighted by Gasteiger charge is -2.29. The van der Waals surface area contributed by atoms with Gasteiger partial charge in [-0.25, -0.2) is 0 Å². The average Bonchev–Trinajstić information content (AvgIpc) is 2.93. The molecule has 192 valence electrons. The number of nitro benzene ring substituents is 1. The topological polar surface area (TPSA) is 108 Å². The molecule has 3 aromatic carbocycles. The molecule has 0 bridgehead atoms. The van der Waals surface area contributed by atoms with Crippen molar-refractivity contribution < 1.29 is 24.0 Å². The highest BCUT2D eigenvalue weighted by Gasteiger charge is 2.36. The summed E-state index contributed by atoms with van der Waals surface area (Å²) in [6.45, 7) is 2.18. The van der Waals surface area contributed by atoms with Crippen molar-refractivity contribution in [2.45, 2.75) is 45.6 Å². The fourth-order valence-electron chi connectivity index (χ4n) is 4.47. The van der Waals surface area contributed by atoms with Crippen molar-refractivity contribution in [1.29, 1.82) is 0 Å². The van der Waals surface area contributed by atoms with Crippen LogP contribution in [0, 0.1) is 22.0 Å². The maximum atomic E-state index is 13.0. The number of carbonyl (C=O) groups excluding carboxylic acids is 2. The number of hydrogen-bond donors (Lipinski definition) is 1. The van der Waals surface area contributed by atoms with E-state index in [0.29, 0.717) is 24.3 Å². The van der Waals surface area contributed by atoms with E-state index in [2.05, 4.69) is 12.2 Å². The molecule has 0 radical (unpaired) electrons. The van der Waals surface area contributed by atoms with Crippen LogP contribution in [0.4, 0.5) is 11.4 Å². The molecule has 1 N–H and O–H groups in total. The lowest BCUT2D eigenvalue weighted by Crippen LogP contribution is -2.37. The number of nitrogens with one attached hydrogen (secondary N) is 1. The van der Waals surface area contributed by atoms with Crippen molar-refractivity contribution in [2.75, 3.05) is 5.32 Å². The molecule has 1 aliphatic rings. The SMILES string of the molecule is CCc1ccc(NC(=O)[C@@H]2CCCC[C@H]2C(=O)OCc2ccc(Oc3ccc([N+](=O)[O-])cc3)cc2)cc1. The van der Waals surface area contributed by atoms with Gasteiger partial charge in [0.1, 0.15) is 18.1 Å². The molecule has 0 spiro atoms. The summed E-state index contributed by atoms with van der Waals surface area (Å²) in [5.74, 6) is -0.336. The molecular formula is C29H30N2O6. The van der Waals surface area contributed by atoms with Crippen LogP contribution in [0.5, 0.6) is 11.5 Å². The van der Waals surface area contributed by atoms with Gasteiger partial charge in [-0.05, 0) is 66.8 Å². The molecule has 8 heteroatoms. The first-order chi connectivity index (χ1) is 17.9. The van der Waals surface area contributed by atoms with Gasteiger partial charge in [0.2, 0.25) is 5.91 Å². The summed E-state index contributed by atoms with van der Waals surface area (Å²) in [7, 11) is 0. The van der Waals surface area contributed by atoms with E-state index in [1.54, 1.807) is 24.3 Å². The summed E-state index contributed by atoms with van der Waals surface area (Å²) >= 11 is 0. The summed E-state index contributed by atoms with van der Waals surface area (Å²) in [6, 6.07) is 20.6. The van der Waals surface area contributed by atoms with E-state index in [1.807, 2.05) is 24.3 Å². The van der Waals surface area contributed by atoms with Gasteiger partial charge < -0.3 is 14.8 Å². The number of rotatable bonds is 9. The van der Waals surface area contributed by atoms with E-state index in [9.17, 15) is 19.7 Å². The van der Waals surface area contributed by atoms with Crippen molar-refractivity contribution in [3.63, 3.8) is 0 Å². The Bertz CT molecular complexity index is 1220. The van der Waals surface area contributed by atoms with Gasteiger partial charge in [0.15, 0.2) is 0 Å². The summed E-state index contributed by atoms with van der Waals surface area (Å²) in [5.41, 5.74) is 2.71. The summed E-state index contributed by atoms with van der Waals surface area (Å²) in [6.07, 6.45) is 4.03. The molecule has 1 saturated carbocycles. The fraction of sp³-hybridized carbons (Fsp3) is 0.310. The Morgan fingerprint density at radius 3 is 2.03 bits per heavy atom. The van der Waals surface area contributed by atoms with Gasteiger partial charge >= 0.3 is 5.97 Å². The third kappa shape index (κ3) is 6.94. The normalized spacial score (nSPS) is 17.0. The smallest absolute Gasteiger partial charge is 0.310 e. The van der Waals surface area contributed by atoms with Gasteiger partial charge in [0, 0.05) is 17.8 Å². The Morgan fingerprint density at radius 2 is 1.43 bits per heavy atom. The van der Waals surface area contributed by atoms with Crippen LogP contribution in [0.3, 0.4) is 0 Å². The van der Waals surface area contributed by atoms with Crippen LogP contribution >= 0.6 is 0 Å². The van der Waals surface area contributed by atoms with Gasteiger partial charge in [-0.3, -0.25) is 19.7 Å². The number of nitro groups is 1. The van der Waals surface area contributed by atoms with E-state index in [-0.39, 0.29) is 24.2 Å². The van der Waals surface area contributed by atoms with Crippen molar-refractivity contribution in [2.24, 2.45) is 11.8 Å². The van der Waals surface area contributed by atoms with Crippen LogP contribution < -0.4 is 10.1 Å². The molecule has 0 unspecified atom stereocenters. The average molecular weight is 503 g/mol. The van der Waals surface area contributed by atoms with Crippen LogP contribution in [0.2, 0.25) is 0 Å². The highest BCUT2D eigenvalue weighted by molar-refractivity contribution is 5.95. The monoisotopic (exact) mass is 502 g/mol. The standard InChI is InChI=1S/C29H30N2O6/c1-2-20-7-11-22(12-8-20)30-28(32)26-5-3-4-6-27(26)29(33)36-19-21-9-15-24(16-10-21)37-25-17-13-23(14-18-25)31(34)35/h7-18,26-27H,2-6,19H2,1H3,(H,30,32)/t26-,27-/m1/s1. The van der Waals surface area contributed by atoms with E-state index in [1.165, 1.54) is 29.8 Å². The number of benzene rings is 3. The first-order valence-electron chi connectivity index (χ1n) is 12.5. The molecule has 0 saturated heterocycles. The van der Waals surface area contributed by atoms with Crippen molar-refractivity contribution in [1.82, 2.24) is 0 Å². The van der Waals surface area contributed by atoms with Crippen molar-refractivity contribution >= 4 is 23.3 Å². The fourth-order valence-corrected chi connectivity index (χ4v) is 4.47. The number of hydrogen-bond acceptors (Lipinski definition) is 6. The minimum Gasteiger partial charge on any atom is -0.461 e. The molecule has 37 heavy (non-hydrogen) atoms. The minimum atomic E-state index is -0.465. The Morgan fingerprint density at radius 1 is 0.865 bits per heavy atom. The second-order valence-corrected chi connectivity index (χ2v) is 9.14. The predicted molar refractivity (Wildman–Crippen MR) is 139 cm³/mol. The third-order valence-electron chi connectivity index (χ3n) is 6.62. The van der Waals surface area contributed by atoms with Crippen LogP contribution in [0.15, 0.2) is 72.8 Å². The molecule has 0 aliphatic heterocycles. The van der Waals surface area contributed by atoms with E-state index >= 15 is 0 Å². The van der Waals surface area contributed by atoms with Crippen LogP contribution in [0.25, 0.3) is 0 Å². The second-order valence-electron chi connectivity index (χ2n) is 9.14. The molecule has 0 heterocycles. The second kappa shape index (κ2) is 12.2. The van der Waals surface area contributed by atoms with Gasteiger partial charge in [-0.1, -0.05) is 44.0 Å². The number of ether oxygens (including phenoxy) is 2. The van der Waals surface area contributed by atoms with Crippen molar-refractivity contribution in [3.05, 3.63) is 94.0 Å². The Labute approximate surface area is 215 Å². The van der Waals surface area contributed by atoms with E-state index < -0.39 is 16.8 Å². The van der Waals surface area contributed by atoms with Crippen LogP contribution in [-0.2, 0) is 27.4 Å². The Kier molecular flexibility index (Phi) is 8.51. The Balaban J connectivity index is 1.31. The lowest BCUT2D eigenvalue weighted by atomic mass is 9.78. The van der Waals surface area contributed by atoms with Crippen molar-refractivity contribution in [3.8, 4) is 11.5 Å². The van der Waals surface area contributed by atoms with E-state index in [4.69, 9.17) is 9.47 Å². The minimum absolute atomic E-state index is 0.00664. The van der Waals surface area contributed by atoms with Gasteiger partial charge in [0.25, 0.3) is 5.69 Å². The number of carbonyl (C=O) groups is 2. The molecule has 8 nitrogen and oxygen atoms in total. The third-order valence-corrected chi connectivity index (χ3v) is 6.62. The molecule has 1 fully saturated rings. The number of anilines is 1. The largest absolute Gasteiger partial charge is 0.461 e. The first-order valence-corrected chi connectivity index (χ1v) is 12.5. The summed E-state index contributed by atoms with van der Waals surface area (Å²) < 4.78 is 11.3. The zero-order valence-corrected chi connectivity index (χ0v) is 20.7. The van der Waals surface area contributed by atoms with Gasteiger partial charge in [-0.15, -0.1) is 0 Å². The molecule has 1 aliphatic carbocycles. The number of aryl methyl sites for hydroxylation is 1. The Hall–Kier alpha value is -4.20. The highest BCUT2D eigenvalue weighted by atomic mass is 16.6. The van der Waals surface area contributed by atoms with E-state index in [0.717, 1.165) is 30.5 Å². The predicted octanol–water partition coefficient (Wildman–Crippen LogP) is 6.44. The molecular weight excluding hydrogens is 472 g/mol. The molecule has 2 atom stereocenters. The van der Waals surface area contributed by atoms with Gasteiger partial charge in [0.05, 0.1) is 16.8 Å². The van der Waals surface area contributed by atoms with Crippen LogP contribution in [0.1, 0.15) is 43.7 Å². The number of amides is 1. The van der Waals surface area contributed by atoms with Crippen LogP contribution in [-0.4, -0.2) is 16.8 Å². The molecule has 4 rings (SSSR count). The van der Waals surface area contributed by atoms with Gasteiger partial charge in [-0.2, -0.15) is 0 Å².